The Kier molecular flexibility index (Phi) is 6.40. The van der Waals surface area contributed by atoms with Crippen molar-refractivity contribution in [3.05, 3.63) is 59.6 Å². The molecule has 0 bridgehead atoms. The summed E-state index contributed by atoms with van der Waals surface area (Å²) >= 11 is 1.70. The standard InChI is InChI=1S/C23H25N3O3S/c1-2-29-22(28)16-26(17-9-4-3-5-10-17)21(27)15-25-14-8-12-19(25)23-24-18-11-6-7-13-20(18)30-23/h3-7,9-11,13,19H,2,8,12,14-16H2,1H3. The van der Waals surface area contributed by atoms with Gasteiger partial charge in [0, 0.05) is 5.69 Å². The third-order valence-electron chi connectivity index (χ3n) is 5.26. The average molecular weight is 424 g/mol. The van der Waals surface area contributed by atoms with Crippen LogP contribution in [0, 0.1) is 0 Å². The number of rotatable bonds is 7. The molecule has 1 unspecified atom stereocenters. The zero-order valence-corrected chi connectivity index (χ0v) is 17.8. The Hall–Kier alpha value is -2.77. The Balaban J connectivity index is 1.52. The molecule has 1 saturated heterocycles. The SMILES string of the molecule is CCOC(=O)CN(C(=O)CN1CCCC1c1nc2ccccc2s1)c1ccccc1. The Bertz CT molecular complexity index is 988. The molecule has 30 heavy (non-hydrogen) atoms. The molecule has 2 heterocycles. The predicted molar refractivity (Wildman–Crippen MR) is 119 cm³/mol. The molecule has 0 saturated carbocycles. The fourth-order valence-corrected chi connectivity index (χ4v) is 4.99. The summed E-state index contributed by atoms with van der Waals surface area (Å²) in [6.07, 6.45) is 2.01. The minimum absolute atomic E-state index is 0.0870. The molecule has 156 valence electrons. The van der Waals surface area contributed by atoms with Gasteiger partial charge < -0.3 is 9.64 Å². The van der Waals surface area contributed by atoms with E-state index in [1.54, 1.807) is 18.3 Å². The van der Waals surface area contributed by atoms with Gasteiger partial charge in [-0.15, -0.1) is 11.3 Å². The van der Waals surface area contributed by atoms with Crippen molar-refractivity contribution in [2.24, 2.45) is 0 Å². The minimum atomic E-state index is -0.404. The lowest BCUT2D eigenvalue weighted by molar-refractivity contribution is -0.142. The number of hydrogen-bond acceptors (Lipinski definition) is 6. The van der Waals surface area contributed by atoms with Gasteiger partial charge in [0.1, 0.15) is 11.6 Å². The molecule has 4 rings (SSSR count). The van der Waals surface area contributed by atoms with Gasteiger partial charge in [0.15, 0.2) is 0 Å². The Morgan fingerprint density at radius 1 is 1.17 bits per heavy atom. The van der Waals surface area contributed by atoms with Crippen LogP contribution in [0.15, 0.2) is 54.6 Å². The van der Waals surface area contributed by atoms with Gasteiger partial charge in [-0.05, 0) is 50.6 Å². The van der Waals surface area contributed by atoms with Crippen LogP contribution >= 0.6 is 11.3 Å². The second-order valence-corrected chi connectivity index (χ2v) is 8.33. The fraction of sp³-hybridized carbons (Fsp3) is 0.348. The van der Waals surface area contributed by atoms with E-state index in [-0.39, 0.29) is 25.0 Å². The van der Waals surface area contributed by atoms with Gasteiger partial charge in [0.05, 0.1) is 29.4 Å². The van der Waals surface area contributed by atoms with Gasteiger partial charge in [-0.25, -0.2) is 4.98 Å². The summed E-state index contributed by atoms with van der Waals surface area (Å²) in [5, 5.41) is 1.05. The van der Waals surface area contributed by atoms with Gasteiger partial charge in [0.25, 0.3) is 0 Å². The van der Waals surface area contributed by atoms with E-state index in [1.165, 1.54) is 9.60 Å². The van der Waals surface area contributed by atoms with E-state index in [1.807, 2.05) is 48.5 Å². The molecular weight excluding hydrogens is 398 g/mol. The molecular formula is C23H25N3O3S. The summed E-state index contributed by atoms with van der Waals surface area (Å²) in [6, 6.07) is 17.5. The third kappa shape index (κ3) is 4.52. The van der Waals surface area contributed by atoms with Crippen LogP contribution in [0.5, 0.6) is 0 Å². The van der Waals surface area contributed by atoms with Crippen molar-refractivity contribution in [2.75, 3.05) is 31.1 Å². The topological polar surface area (TPSA) is 62.7 Å². The summed E-state index contributed by atoms with van der Waals surface area (Å²) in [4.78, 5) is 33.9. The van der Waals surface area contributed by atoms with Crippen LogP contribution in [-0.4, -0.2) is 48.0 Å². The minimum Gasteiger partial charge on any atom is -0.465 e. The lowest BCUT2D eigenvalue weighted by Gasteiger charge is -2.27. The number of nitrogens with zero attached hydrogens (tertiary/aromatic N) is 3. The van der Waals surface area contributed by atoms with Crippen molar-refractivity contribution in [2.45, 2.75) is 25.8 Å². The fourth-order valence-electron chi connectivity index (χ4n) is 3.85. The molecule has 1 aromatic heterocycles. The lowest BCUT2D eigenvalue weighted by Crippen LogP contribution is -2.43. The van der Waals surface area contributed by atoms with E-state index in [0.717, 1.165) is 29.9 Å². The van der Waals surface area contributed by atoms with Crippen LogP contribution in [0.3, 0.4) is 0 Å². The van der Waals surface area contributed by atoms with Gasteiger partial charge >= 0.3 is 5.97 Å². The van der Waals surface area contributed by atoms with Crippen molar-refractivity contribution in [3.8, 4) is 0 Å². The molecule has 0 spiro atoms. The molecule has 0 radical (unpaired) electrons. The Labute approximate surface area is 180 Å². The number of carbonyl (C=O) groups is 2. The second kappa shape index (κ2) is 9.36. The van der Waals surface area contributed by atoms with E-state index in [2.05, 4.69) is 11.0 Å². The summed E-state index contributed by atoms with van der Waals surface area (Å²) in [5.41, 5.74) is 1.70. The number of anilines is 1. The number of hydrogen-bond donors (Lipinski definition) is 0. The van der Waals surface area contributed by atoms with E-state index >= 15 is 0 Å². The first-order chi connectivity index (χ1) is 14.7. The Morgan fingerprint density at radius 2 is 1.93 bits per heavy atom. The third-order valence-corrected chi connectivity index (χ3v) is 6.40. The van der Waals surface area contributed by atoms with Crippen LogP contribution < -0.4 is 4.90 Å². The van der Waals surface area contributed by atoms with Crippen LogP contribution in [-0.2, 0) is 14.3 Å². The first-order valence-electron chi connectivity index (χ1n) is 10.3. The number of amides is 1. The van der Waals surface area contributed by atoms with Crippen molar-refractivity contribution < 1.29 is 14.3 Å². The van der Waals surface area contributed by atoms with Crippen molar-refractivity contribution in [1.82, 2.24) is 9.88 Å². The molecule has 1 aliphatic rings. The molecule has 1 fully saturated rings. The number of thiazole rings is 1. The highest BCUT2D eigenvalue weighted by Gasteiger charge is 2.32. The summed E-state index contributed by atoms with van der Waals surface area (Å²) < 4.78 is 6.25. The number of fused-ring (bicyclic) bond motifs is 1. The maximum Gasteiger partial charge on any atom is 0.326 e. The van der Waals surface area contributed by atoms with Gasteiger partial charge in [-0.3, -0.25) is 14.5 Å². The first kappa shape index (κ1) is 20.5. The zero-order valence-electron chi connectivity index (χ0n) is 17.0. The normalized spacial score (nSPS) is 16.6. The maximum absolute atomic E-state index is 13.2. The summed E-state index contributed by atoms with van der Waals surface area (Å²) in [5.74, 6) is -0.513. The molecule has 1 aliphatic heterocycles. The molecule has 7 heteroatoms. The van der Waals surface area contributed by atoms with E-state index < -0.39 is 5.97 Å². The average Bonchev–Trinajstić information content (AvgIpc) is 3.39. The number of likely N-dealkylation sites (tertiary alicyclic amines) is 1. The zero-order chi connectivity index (χ0) is 20.9. The molecule has 1 amide bonds. The highest BCUT2D eigenvalue weighted by Crippen LogP contribution is 2.36. The summed E-state index contributed by atoms with van der Waals surface area (Å²) in [6.45, 7) is 3.06. The lowest BCUT2D eigenvalue weighted by atomic mass is 10.2. The largest absolute Gasteiger partial charge is 0.465 e. The predicted octanol–water partition coefficient (Wildman–Crippen LogP) is 4.03. The molecule has 1 atom stereocenters. The Morgan fingerprint density at radius 3 is 2.70 bits per heavy atom. The summed E-state index contributed by atoms with van der Waals surface area (Å²) in [7, 11) is 0. The van der Waals surface area contributed by atoms with Gasteiger partial charge in [-0.1, -0.05) is 30.3 Å². The van der Waals surface area contributed by atoms with Crippen molar-refractivity contribution in [1.29, 1.82) is 0 Å². The molecule has 3 aromatic rings. The number of carbonyl (C=O) groups excluding carboxylic acids is 2. The van der Waals surface area contributed by atoms with Crippen LogP contribution in [0.4, 0.5) is 5.69 Å². The quantitative estimate of drug-likeness (QED) is 0.537. The smallest absolute Gasteiger partial charge is 0.326 e. The highest BCUT2D eigenvalue weighted by molar-refractivity contribution is 7.18. The van der Waals surface area contributed by atoms with E-state index in [9.17, 15) is 9.59 Å². The molecule has 0 aliphatic carbocycles. The van der Waals surface area contributed by atoms with Crippen LogP contribution in [0.25, 0.3) is 10.2 Å². The number of ether oxygens (including phenoxy) is 1. The first-order valence-corrected chi connectivity index (χ1v) is 11.1. The van der Waals surface area contributed by atoms with Crippen molar-refractivity contribution >= 4 is 39.1 Å². The van der Waals surface area contributed by atoms with Gasteiger partial charge in [0.2, 0.25) is 5.91 Å². The number of benzene rings is 2. The monoisotopic (exact) mass is 423 g/mol. The van der Waals surface area contributed by atoms with Crippen molar-refractivity contribution in [3.63, 3.8) is 0 Å². The maximum atomic E-state index is 13.2. The number of esters is 1. The molecule has 0 N–H and O–H groups in total. The van der Waals surface area contributed by atoms with Crippen LogP contribution in [0.1, 0.15) is 30.8 Å². The number of aromatic nitrogens is 1. The molecule has 2 aromatic carbocycles. The van der Waals surface area contributed by atoms with Crippen LogP contribution in [0.2, 0.25) is 0 Å². The van der Waals surface area contributed by atoms with E-state index in [0.29, 0.717) is 12.3 Å². The highest BCUT2D eigenvalue weighted by atomic mass is 32.1. The number of para-hydroxylation sites is 2. The second-order valence-electron chi connectivity index (χ2n) is 7.27. The molecule has 6 nitrogen and oxygen atoms in total. The van der Waals surface area contributed by atoms with Gasteiger partial charge in [-0.2, -0.15) is 0 Å². The van der Waals surface area contributed by atoms with E-state index in [4.69, 9.17) is 9.72 Å².